The first kappa shape index (κ1) is 42.6. The molecule has 3 aromatic carbocycles. The topological polar surface area (TPSA) is 169 Å². The zero-order valence-corrected chi connectivity index (χ0v) is 35.6. The molecule has 0 saturated carbocycles. The van der Waals surface area contributed by atoms with Gasteiger partial charge in [0, 0.05) is 42.1 Å². The standard InChI is InChI=1S/C42H54N8O6S/c1-12-49(20-21-56-32-16-14-31(55-10)15-17-32)30-13-18-33(25(2)24-30)44-37-38(42(7,8)9)48-50-39(46-47-40(37)50)35-26(3)23-27(4)36(28(35)5)45-41(52)34(43-29(6)51)19-22-57(11,53)54/h13-18,23-24,34H,12,19-22H2,1-11H3,(H,43,51)(H,45,52). The minimum absolute atomic E-state index is 0.0649. The molecule has 14 nitrogen and oxygen atoms in total. The molecular formula is C42H54N8O6S. The summed E-state index contributed by atoms with van der Waals surface area (Å²) in [7, 11) is -1.73. The number of hydrogen-bond acceptors (Lipinski definition) is 11. The van der Waals surface area contributed by atoms with Crippen LogP contribution in [0.1, 0.15) is 69.1 Å². The molecule has 57 heavy (non-hydrogen) atoms. The Morgan fingerprint density at radius 2 is 1.61 bits per heavy atom. The van der Waals surface area contributed by atoms with Crippen molar-refractivity contribution in [1.82, 2.24) is 20.2 Å². The molecule has 0 aliphatic carbocycles. The Kier molecular flexibility index (Phi) is 12.9. The summed E-state index contributed by atoms with van der Waals surface area (Å²) in [6.07, 6.45) is 1.03. The SMILES string of the molecule is CCN(CCOc1ccc(OC)cc1)c1ccc(N=C2C(C(C)(C)C)=Nn3c2nnc3-c2c(C)cc(C)c(NC(=O)C(CCS(C)(=O)=O)NC(C)=O)c2C)c(C)c1. The second-order valence-electron chi connectivity index (χ2n) is 15.4. The first-order valence-electron chi connectivity index (χ1n) is 18.9. The van der Waals surface area contributed by atoms with Crippen LogP contribution < -0.4 is 25.0 Å². The monoisotopic (exact) mass is 798 g/mol. The van der Waals surface area contributed by atoms with E-state index in [1.807, 2.05) is 64.1 Å². The van der Waals surface area contributed by atoms with Crippen molar-refractivity contribution in [2.24, 2.45) is 15.5 Å². The van der Waals surface area contributed by atoms with E-state index in [9.17, 15) is 18.0 Å². The van der Waals surface area contributed by atoms with Crippen LogP contribution in [0.15, 0.2) is 58.6 Å². The predicted octanol–water partition coefficient (Wildman–Crippen LogP) is 6.36. The Morgan fingerprint density at radius 1 is 0.947 bits per heavy atom. The smallest absolute Gasteiger partial charge is 0.246 e. The Morgan fingerprint density at radius 3 is 2.21 bits per heavy atom. The summed E-state index contributed by atoms with van der Waals surface area (Å²) in [4.78, 5) is 32.9. The summed E-state index contributed by atoms with van der Waals surface area (Å²) in [5.41, 5.74) is 7.49. The van der Waals surface area contributed by atoms with E-state index in [0.29, 0.717) is 36.2 Å². The normalized spacial score (nSPS) is 13.9. The van der Waals surface area contributed by atoms with E-state index in [2.05, 4.69) is 65.6 Å². The molecule has 0 radical (unpaired) electrons. The van der Waals surface area contributed by atoms with Crippen molar-refractivity contribution in [2.75, 3.05) is 49.0 Å². The molecule has 304 valence electrons. The maximum absolute atomic E-state index is 13.5. The number of aromatic nitrogens is 3. The van der Waals surface area contributed by atoms with Crippen molar-refractivity contribution < 1.29 is 27.5 Å². The highest BCUT2D eigenvalue weighted by Gasteiger charge is 2.36. The van der Waals surface area contributed by atoms with Crippen LogP contribution in [0.2, 0.25) is 0 Å². The number of aliphatic imine (C=N–C) groups is 1. The number of carbonyl (C=O) groups excluding carboxylic acids is 2. The fourth-order valence-electron chi connectivity index (χ4n) is 6.82. The van der Waals surface area contributed by atoms with Gasteiger partial charge in [-0.25, -0.2) is 13.4 Å². The average molecular weight is 799 g/mol. The molecule has 1 atom stereocenters. The van der Waals surface area contributed by atoms with E-state index in [4.69, 9.17) is 19.6 Å². The van der Waals surface area contributed by atoms with Gasteiger partial charge in [0.1, 0.15) is 39.7 Å². The van der Waals surface area contributed by atoms with E-state index in [1.165, 1.54) is 6.92 Å². The van der Waals surface area contributed by atoms with Gasteiger partial charge in [-0.2, -0.15) is 9.78 Å². The van der Waals surface area contributed by atoms with Gasteiger partial charge in [-0.15, -0.1) is 10.2 Å². The molecule has 2 amide bonds. The van der Waals surface area contributed by atoms with E-state index >= 15 is 0 Å². The van der Waals surface area contributed by atoms with Crippen LogP contribution in [0.5, 0.6) is 11.5 Å². The number of fused-ring (bicyclic) bond motifs is 1. The van der Waals surface area contributed by atoms with Crippen LogP contribution in [0, 0.1) is 33.1 Å². The number of anilines is 2. The number of nitrogens with zero attached hydrogens (tertiary/aromatic N) is 6. The summed E-state index contributed by atoms with van der Waals surface area (Å²) in [5.74, 6) is 1.34. The van der Waals surface area contributed by atoms with Gasteiger partial charge < -0.3 is 25.0 Å². The van der Waals surface area contributed by atoms with E-state index < -0.39 is 33.1 Å². The third kappa shape index (κ3) is 10.1. The van der Waals surface area contributed by atoms with Gasteiger partial charge in [-0.3, -0.25) is 9.59 Å². The zero-order valence-electron chi connectivity index (χ0n) is 34.8. The summed E-state index contributed by atoms with van der Waals surface area (Å²) in [5, 5.41) is 19.8. The number of aryl methyl sites for hydroxylation is 3. The predicted molar refractivity (Wildman–Crippen MR) is 226 cm³/mol. The first-order valence-corrected chi connectivity index (χ1v) is 21.0. The highest BCUT2D eigenvalue weighted by atomic mass is 32.2. The molecule has 2 heterocycles. The van der Waals surface area contributed by atoms with Crippen LogP contribution in [0.25, 0.3) is 11.4 Å². The number of sulfone groups is 1. The maximum atomic E-state index is 13.5. The summed E-state index contributed by atoms with van der Waals surface area (Å²) in [6, 6.07) is 14.7. The number of rotatable bonds is 15. The lowest BCUT2D eigenvalue weighted by molar-refractivity contribution is -0.125. The minimum Gasteiger partial charge on any atom is -0.497 e. The molecule has 0 spiro atoms. The van der Waals surface area contributed by atoms with Crippen LogP contribution in [-0.4, -0.2) is 91.4 Å². The Balaban J connectivity index is 1.45. The molecule has 0 bridgehead atoms. The first-order chi connectivity index (χ1) is 26.8. The average Bonchev–Trinajstić information content (AvgIpc) is 3.71. The molecule has 0 fully saturated rings. The number of ether oxygens (including phenoxy) is 2. The van der Waals surface area contributed by atoms with E-state index in [1.54, 1.807) is 11.8 Å². The van der Waals surface area contributed by atoms with E-state index in [-0.39, 0.29) is 12.2 Å². The highest BCUT2D eigenvalue weighted by molar-refractivity contribution is 7.90. The lowest BCUT2D eigenvalue weighted by Gasteiger charge is -2.24. The van der Waals surface area contributed by atoms with Crippen molar-refractivity contribution in [1.29, 1.82) is 0 Å². The third-order valence-electron chi connectivity index (χ3n) is 9.75. The lowest BCUT2D eigenvalue weighted by Crippen LogP contribution is -2.44. The van der Waals surface area contributed by atoms with Crippen molar-refractivity contribution in [3.05, 3.63) is 76.6 Å². The number of benzene rings is 3. The summed E-state index contributed by atoms with van der Waals surface area (Å²) < 4.78 is 36.7. The molecule has 1 aliphatic heterocycles. The van der Waals surface area contributed by atoms with Crippen molar-refractivity contribution in [2.45, 2.75) is 74.8 Å². The number of amides is 2. The molecule has 15 heteroatoms. The second kappa shape index (κ2) is 17.3. The van der Waals surface area contributed by atoms with Gasteiger partial charge in [0.25, 0.3) is 0 Å². The lowest BCUT2D eigenvalue weighted by atomic mass is 9.87. The largest absolute Gasteiger partial charge is 0.497 e. The Bertz CT molecular complexity index is 2320. The van der Waals surface area contributed by atoms with Crippen molar-refractivity contribution in [3.8, 4) is 22.9 Å². The maximum Gasteiger partial charge on any atom is 0.246 e. The molecule has 5 rings (SSSR count). The summed E-state index contributed by atoms with van der Waals surface area (Å²) >= 11 is 0. The van der Waals surface area contributed by atoms with Crippen LogP contribution in [-0.2, 0) is 19.4 Å². The number of carbonyl (C=O) groups is 2. The van der Waals surface area contributed by atoms with Crippen molar-refractivity contribution in [3.63, 3.8) is 0 Å². The number of likely N-dealkylation sites (N-methyl/N-ethyl adjacent to an activating group) is 1. The van der Waals surface area contributed by atoms with Gasteiger partial charge in [-0.05, 0) is 106 Å². The van der Waals surface area contributed by atoms with E-state index in [0.717, 1.165) is 69.2 Å². The highest BCUT2D eigenvalue weighted by Crippen LogP contribution is 2.37. The number of methoxy groups -OCH3 is 1. The third-order valence-corrected chi connectivity index (χ3v) is 10.7. The molecule has 0 saturated heterocycles. The van der Waals surface area contributed by atoms with Crippen molar-refractivity contribution >= 4 is 50.1 Å². The quantitative estimate of drug-likeness (QED) is 0.139. The Hall–Kier alpha value is -5.57. The second-order valence-corrected chi connectivity index (χ2v) is 17.7. The van der Waals surface area contributed by atoms with Crippen LogP contribution >= 0.6 is 0 Å². The van der Waals surface area contributed by atoms with Gasteiger partial charge in [0.05, 0.1) is 30.8 Å². The molecule has 1 aromatic heterocycles. The fourth-order valence-corrected chi connectivity index (χ4v) is 7.48. The fraction of sp³-hybridized carbons (Fsp3) is 0.429. The molecule has 2 N–H and O–H groups in total. The number of hydrogen-bond donors (Lipinski definition) is 2. The minimum atomic E-state index is -3.37. The van der Waals surface area contributed by atoms with Gasteiger partial charge in [-0.1, -0.05) is 26.8 Å². The Labute approximate surface area is 335 Å². The zero-order chi connectivity index (χ0) is 41.8. The molecule has 1 unspecified atom stereocenters. The van der Waals surface area contributed by atoms with Gasteiger partial charge in [0.15, 0.2) is 5.82 Å². The van der Waals surface area contributed by atoms with Gasteiger partial charge in [0.2, 0.25) is 17.6 Å². The number of nitrogens with one attached hydrogen (secondary N) is 2. The van der Waals surface area contributed by atoms with Gasteiger partial charge >= 0.3 is 0 Å². The molecule has 1 aliphatic rings. The molecule has 4 aromatic rings. The summed E-state index contributed by atoms with van der Waals surface area (Å²) in [6.45, 7) is 19.4. The molecular weight excluding hydrogens is 745 g/mol. The van der Waals surface area contributed by atoms with Crippen LogP contribution in [0.4, 0.5) is 17.1 Å². The van der Waals surface area contributed by atoms with Crippen LogP contribution in [0.3, 0.4) is 0 Å².